The molecule has 1 aromatic heterocycles. The molecule has 0 saturated carbocycles. The van der Waals surface area contributed by atoms with Gasteiger partial charge in [0.2, 0.25) is 0 Å². The summed E-state index contributed by atoms with van der Waals surface area (Å²) in [7, 11) is 0. The number of hydrogen-bond donors (Lipinski definition) is 0. The number of nitrogens with zero attached hydrogens (tertiary/aromatic N) is 1. The highest BCUT2D eigenvalue weighted by atomic mass is 19.4. The van der Waals surface area contributed by atoms with Crippen LogP contribution in [0.25, 0.3) is 0 Å². The van der Waals surface area contributed by atoms with Crippen LogP contribution >= 0.6 is 0 Å². The van der Waals surface area contributed by atoms with E-state index in [4.69, 9.17) is 0 Å². The predicted octanol–water partition coefficient (Wildman–Crippen LogP) is 3.05. The first-order valence-corrected chi connectivity index (χ1v) is 4.47. The molecule has 1 rings (SSSR count). The van der Waals surface area contributed by atoms with Crippen molar-refractivity contribution in [1.29, 1.82) is 0 Å². The Morgan fingerprint density at radius 3 is 2.40 bits per heavy atom. The van der Waals surface area contributed by atoms with Gasteiger partial charge in [-0.2, -0.15) is 13.2 Å². The molecule has 0 aliphatic rings. The van der Waals surface area contributed by atoms with E-state index in [1.165, 1.54) is 0 Å². The van der Waals surface area contributed by atoms with E-state index in [1.54, 1.807) is 6.92 Å². The molecule has 86 valence electrons. The summed E-state index contributed by atoms with van der Waals surface area (Å²) in [6, 6.07) is 0. The molecule has 0 bridgehead atoms. The van der Waals surface area contributed by atoms with Crippen LogP contribution in [0, 0.1) is 6.92 Å². The van der Waals surface area contributed by atoms with Gasteiger partial charge in [-0.15, -0.1) is 0 Å². The number of hydrogen-bond acceptors (Lipinski definition) is 3. The first kappa shape index (κ1) is 11.9. The summed E-state index contributed by atoms with van der Waals surface area (Å²) >= 11 is 0. The maximum Gasteiger partial charge on any atom is 0.422 e. The zero-order valence-corrected chi connectivity index (χ0v) is 8.68. The Kier molecular flexibility index (Phi) is 3.26. The zero-order valence-electron chi connectivity index (χ0n) is 8.68. The highest BCUT2D eigenvalue weighted by Gasteiger charge is 2.30. The van der Waals surface area contributed by atoms with Gasteiger partial charge in [0.05, 0.1) is 11.3 Å². The van der Waals surface area contributed by atoms with Crippen molar-refractivity contribution >= 4 is 0 Å². The average Bonchev–Trinajstić information content (AvgIpc) is 2.42. The molecule has 15 heavy (non-hydrogen) atoms. The van der Waals surface area contributed by atoms with E-state index < -0.39 is 12.8 Å². The minimum Gasteiger partial charge on any atom is -0.454 e. The minimum atomic E-state index is -4.36. The van der Waals surface area contributed by atoms with Gasteiger partial charge < -0.3 is 9.26 Å². The van der Waals surface area contributed by atoms with Crippen molar-refractivity contribution in [2.75, 3.05) is 6.61 Å². The predicted molar refractivity (Wildman–Crippen MR) is 46.9 cm³/mol. The van der Waals surface area contributed by atoms with Gasteiger partial charge in [-0.05, 0) is 12.8 Å². The van der Waals surface area contributed by atoms with Crippen LogP contribution in [0.5, 0.6) is 5.95 Å². The van der Waals surface area contributed by atoms with Gasteiger partial charge in [0.25, 0.3) is 0 Å². The average molecular weight is 223 g/mol. The second-order valence-corrected chi connectivity index (χ2v) is 3.54. The van der Waals surface area contributed by atoms with Gasteiger partial charge in [-0.1, -0.05) is 19.0 Å². The molecule has 0 amide bonds. The lowest BCUT2D eigenvalue weighted by Gasteiger charge is -2.06. The van der Waals surface area contributed by atoms with Crippen LogP contribution in [0.15, 0.2) is 4.52 Å². The molecule has 1 heterocycles. The van der Waals surface area contributed by atoms with Crippen molar-refractivity contribution in [1.82, 2.24) is 5.16 Å². The summed E-state index contributed by atoms with van der Waals surface area (Å²) in [6.45, 7) is 4.01. The third-order valence-electron chi connectivity index (χ3n) is 1.83. The zero-order chi connectivity index (χ0) is 11.6. The van der Waals surface area contributed by atoms with Gasteiger partial charge in [0, 0.05) is 0 Å². The molecule has 1 aromatic rings. The molecule has 3 nitrogen and oxygen atoms in total. The van der Waals surface area contributed by atoms with Gasteiger partial charge in [0.15, 0.2) is 6.61 Å². The van der Waals surface area contributed by atoms with Crippen LogP contribution in [0.1, 0.15) is 31.0 Å². The van der Waals surface area contributed by atoms with Crippen molar-refractivity contribution in [2.24, 2.45) is 0 Å². The van der Waals surface area contributed by atoms with Crippen LogP contribution in [0.2, 0.25) is 0 Å². The lowest BCUT2D eigenvalue weighted by Crippen LogP contribution is -2.19. The SMILES string of the molecule is Cc1c(C(C)C)noc1OCC(F)(F)F. The number of aromatic nitrogens is 1. The molecule has 0 aliphatic carbocycles. The Morgan fingerprint density at radius 2 is 2.00 bits per heavy atom. The maximum absolute atomic E-state index is 11.9. The van der Waals surface area contributed by atoms with Crippen LogP contribution in [0.3, 0.4) is 0 Å². The van der Waals surface area contributed by atoms with Crippen molar-refractivity contribution < 1.29 is 22.4 Å². The Morgan fingerprint density at radius 1 is 1.40 bits per heavy atom. The van der Waals surface area contributed by atoms with Crippen molar-refractivity contribution in [3.05, 3.63) is 11.3 Å². The summed E-state index contributed by atoms with van der Waals surface area (Å²) in [6.07, 6.45) is -4.36. The smallest absolute Gasteiger partial charge is 0.422 e. The van der Waals surface area contributed by atoms with E-state index in [-0.39, 0.29) is 11.9 Å². The quantitative estimate of drug-likeness (QED) is 0.789. The fourth-order valence-corrected chi connectivity index (χ4v) is 1.15. The van der Waals surface area contributed by atoms with Gasteiger partial charge in [-0.3, -0.25) is 0 Å². The lowest BCUT2D eigenvalue weighted by molar-refractivity contribution is -0.156. The van der Waals surface area contributed by atoms with E-state index in [0.29, 0.717) is 11.3 Å². The van der Waals surface area contributed by atoms with Crippen molar-refractivity contribution in [3.63, 3.8) is 0 Å². The Bertz CT molecular complexity index is 331. The molecule has 6 heteroatoms. The molecule has 0 aliphatic heterocycles. The fourth-order valence-electron chi connectivity index (χ4n) is 1.15. The van der Waals surface area contributed by atoms with E-state index in [9.17, 15) is 13.2 Å². The van der Waals surface area contributed by atoms with E-state index >= 15 is 0 Å². The van der Waals surface area contributed by atoms with Crippen molar-refractivity contribution in [3.8, 4) is 5.95 Å². The minimum absolute atomic E-state index is 0.0944. The molecule has 0 aromatic carbocycles. The molecule has 0 saturated heterocycles. The normalized spacial score (nSPS) is 12.2. The van der Waals surface area contributed by atoms with Crippen LogP contribution < -0.4 is 4.74 Å². The molecule has 0 spiro atoms. The summed E-state index contributed by atoms with van der Waals surface area (Å²) in [5, 5.41) is 3.65. The summed E-state index contributed by atoms with van der Waals surface area (Å²) < 4.78 is 44.7. The Hall–Kier alpha value is -1.20. The molecule has 0 fully saturated rings. The number of ether oxygens (including phenoxy) is 1. The van der Waals surface area contributed by atoms with Crippen LogP contribution in [0.4, 0.5) is 13.2 Å². The highest BCUT2D eigenvalue weighted by Crippen LogP contribution is 2.27. The second kappa shape index (κ2) is 4.12. The molecule has 0 radical (unpaired) electrons. The first-order chi connectivity index (χ1) is 6.81. The third kappa shape index (κ3) is 3.14. The van der Waals surface area contributed by atoms with Crippen LogP contribution in [-0.4, -0.2) is 17.9 Å². The number of alkyl halides is 3. The largest absolute Gasteiger partial charge is 0.454 e. The maximum atomic E-state index is 11.9. The topological polar surface area (TPSA) is 35.3 Å². The van der Waals surface area contributed by atoms with Crippen LogP contribution in [-0.2, 0) is 0 Å². The number of halogens is 3. The first-order valence-electron chi connectivity index (χ1n) is 4.47. The van der Waals surface area contributed by atoms with E-state index in [2.05, 4.69) is 14.4 Å². The van der Waals surface area contributed by atoms with E-state index in [1.807, 2.05) is 13.8 Å². The standard InChI is InChI=1S/C9H12F3NO2/c1-5(2)7-6(3)8(15-13-7)14-4-9(10,11)12/h5H,4H2,1-3H3. The van der Waals surface area contributed by atoms with E-state index in [0.717, 1.165) is 0 Å². The Labute approximate surface area is 85.2 Å². The summed E-state index contributed by atoms with van der Waals surface area (Å²) in [5.41, 5.74) is 1.14. The monoisotopic (exact) mass is 223 g/mol. The molecule has 0 N–H and O–H groups in total. The molecular formula is C9H12F3NO2. The number of rotatable bonds is 3. The second-order valence-electron chi connectivity index (χ2n) is 3.54. The van der Waals surface area contributed by atoms with Gasteiger partial charge in [-0.25, -0.2) is 0 Å². The van der Waals surface area contributed by atoms with Gasteiger partial charge >= 0.3 is 12.1 Å². The molecule has 0 atom stereocenters. The summed E-state index contributed by atoms with van der Waals surface area (Å²) in [4.78, 5) is 0. The highest BCUT2D eigenvalue weighted by molar-refractivity contribution is 5.27. The van der Waals surface area contributed by atoms with Gasteiger partial charge in [0.1, 0.15) is 0 Å². The van der Waals surface area contributed by atoms with Crippen molar-refractivity contribution in [2.45, 2.75) is 32.9 Å². The third-order valence-corrected chi connectivity index (χ3v) is 1.83. The summed E-state index contributed by atoms with van der Waals surface area (Å²) in [5.74, 6) is -0.0620. The molecule has 0 unspecified atom stereocenters. The molecular weight excluding hydrogens is 211 g/mol. The Balaban J connectivity index is 2.71. The lowest BCUT2D eigenvalue weighted by atomic mass is 10.1. The fraction of sp³-hybridized carbons (Fsp3) is 0.667.